The highest BCUT2D eigenvalue weighted by molar-refractivity contribution is 5.83. The summed E-state index contributed by atoms with van der Waals surface area (Å²) in [7, 11) is 0. The van der Waals surface area contributed by atoms with Gasteiger partial charge < -0.3 is 15.3 Å². The van der Waals surface area contributed by atoms with Crippen LogP contribution in [0.25, 0.3) is 0 Å². The Kier molecular flexibility index (Phi) is 2.37. The van der Waals surface area contributed by atoms with E-state index in [0.717, 1.165) is 0 Å². The molecule has 4 N–H and O–H groups in total. The lowest BCUT2D eigenvalue weighted by Crippen LogP contribution is -2.75. The number of carboxylic acids is 1. The molecule has 1 aromatic rings. The van der Waals surface area contributed by atoms with Gasteiger partial charge in [0.2, 0.25) is 11.3 Å². The Morgan fingerprint density at radius 3 is 2.71 bits per heavy atom. The van der Waals surface area contributed by atoms with E-state index in [1.165, 1.54) is 18.4 Å². The van der Waals surface area contributed by atoms with Gasteiger partial charge in [0.25, 0.3) is 5.82 Å². The number of carboxylic acid groups (broad SMARTS) is 1. The van der Waals surface area contributed by atoms with Crippen LogP contribution in [-0.2, 0) is 10.5 Å². The number of nitrogens with one attached hydrogen (secondary N) is 1. The molecule has 0 spiro atoms. The molecule has 2 heterocycles. The maximum atomic E-state index is 11.2. The second kappa shape index (κ2) is 3.41. The quantitative estimate of drug-likeness (QED) is 0.485. The largest absolute Gasteiger partial charge is 0.478 e. The maximum Gasteiger partial charge on any atom is 0.354 e. The molecule has 0 saturated heterocycles. The molecular formula is C11H15N2O4+. The zero-order valence-electron chi connectivity index (χ0n) is 9.58. The predicted molar refractivity (Wildman–Crippen MR) is 58.2 cm³/mol. The number of nitrogens with zero attached hydrogens (tertiary/aromatic N) is 1. The summed E-state index contributed by atoms with van der Waals surface area (Å²) in [6.07, 6.45) is 0.0971. The SMILES string of the molecule is C[C@]1(C(=O)O)Nc2cccc[n+]2[C@](C)(O)[C@@H]1O. The van der Waals surface area contributed by atoms with Crippen LogP contribution in [0.15, 0.2) is 24.4 Å². The molecule has 2 rings (SSSR count). The third kappa shape index (κ3) is 1.49. The van der Waals surface area contributed by atoms with Crippen LogP contribution in [0.5, 0.6) is 0 Å². The van der Waals surface area contributed by atoms with Gasteiger partial charge in [-0.25, -0.2) is 9.36 Å². The first-order valence-electron chi connectivity index (χ1n) is 5.23. The Bertz CT molecular complexity index is 474. The molecule has 0 unspecified atom stereocenters. The number of hydrogen-bond acceptors (Lipinski definition) is 4. The van der Waals surface area contributed by atoms with E-state index < -0.39 is 23.3 Å². The summed E-state index contributed by atoms with van der Waals surface area (Å²) in [5.74, 6) is -0.784. The minimum Gasteiger partial charge on any atom is -0.478 e. The van der Waals surface area contributed by atoms with Crippen LogP contribution in [0, 0.1) is 0 Å². The van der Waals surface area contributed by atoms with Gasteiger partial charge >= 0.3 is 5.97 Å². The molecule has 92 valence electrons. The third-order valence-electron chi connectivity index (χ3n) is 3.24. The average Bonchev–Trinajstić information content (AvgIpc) is 2.26. The van der Waals surface area contributed by atoms with Crippen LogP contribution in [0.4, 0.5) is 5.82 Å². The first-order chi connectivity index (χ1) is 7.80. The number of aromatic nitrogens is 1. The molecular weight excluding hydrogens is 224 g/mol. The number of fused-ring (bicyclic) bond motifs is 1. The third-order valence-corrected chi connectivity index (χ3v) is 3.24. The lowest BCUT2D eigenvalue weighted by Gasteiger charge is -2.40. The lowest BCUT2D eigenvalue weighted by molar-refractivity contribution is -0.806. The molecule has 1 aromatic heterocycles. The summed E-state index contributed by atoms with van der Waals surface area (Å²) in [5, 5.41) is 32.3. The average molecular weight is 239 g/mol. The zero-order valence-corrected chi connectivity index (χ0v) is 9.58. The molecule has 0 aromatic carbocycles. The van der Waals surface area contributed by atoms with Crippen molar-refractivity contribution in [1.29, 1.82) is 0 Å². The van der Waals surface area contributed by atoms with Crippen molar-refractivity contribution in [3.8, 4) is 0 Å². The summed E-state index contributed by atoms with van der Waals surface area (Å²) < 4.78 is 1.41. The topological polar surface area (TPSA) is 93.7 Å². The van der Waals surface area contributed by atoms with Crippen LogP contribution in [0.1, 0.15) is 13.8 Å². The van der Waals surface area contributed by atoms with Crippen LogP contribution >= 0.6 is 0 Å². The lowest BCUT2D eigenvalue weighted by atomic mass is 9.85. The summed E-state index contributed by atoms with van der Waals surface area (Å²) in [5.41, 5.74) is -3.32. The standard InChI is InChI=1S/C11H14N2O4/c1-10(9(15)16)8(14)11(2,17)13-6-4-3-5-7(13)12-10/h3-6,8,14,17H,1-2H3,(H,15,16)/p+1/t8-,10+,11-/m1/s1. The van der Waals surface area contributed by atoms with Crippen molar-refractivity contribution < 1.29 is 24.7 Å². The Morgan fingerprint density at radius 1 is 1.47 bits per heavy atom. The van der Waals surface area contributed by atoms with Crippen LogP contribution in [-0.4, -0.2) is 32.9 Å². The number of aliphatic hydroxyl groups excluding tert-OH is 1. The molecule has 1 aliphatic rings. The molecule has 0 radical (unpaired) electrons. The Labute approximate surface area is 98.1 Å². The predicted octanol–water partition coefficient (Wildman–Crippen LogP) is -0.731. The number of aliphatic hydroxyl groups is 2. The summed E-state index contributed by atoms with van der Waals surface area (Å²) in [6, 6.07) is 5.05. The first-order valence-corrected chi connectivity index (χ1v) is 5.23. The second-order valence-electron chi connectivity index (χ2n) is 4.59. The van der Waals surface area contributed by atoms with Crippen molar-refractivity contribution in [3.05, 3.63) is 24.4 Å². The fourth-order valence-corrected chi connectivity index (χ4v) is 2.12. The van der Waals surface area contributed by atoms with Gasteiger partial charge in [-0.3, -0.25) is 5.32 Å². The minimum atomic E-state index is -1.69. The minimum absolute atomic E-state index is 0.438. The van der Waals surface area contributed by atoms with Crippen molar-refractivity contribution in [2.24, 2.45) is 0 Å². The van der Waals surface area contributed by atoms with E-state index in [9.17, 15) is 20.1 Å². The van der Waals surface area contributed by atoms with Crippen LogP contribution < -0.4 is 9.88 Å². The van der Waals surface area contributed by atoms with Crippen molar-refractivity contribution >= 4 is 11.8 Å². The van der Waals surface area contributed by atoms with Gasteiger partial charge in [0.05, 0.1) is 6.20 Å². The number of anilines is 1. The van der Waals surface area contributed by atoms with Gasteiger partial charge in [0.1, 0.15) is 0 Å². The zero-order chi connectivity index (χ0) is 12.8. The van der Waals surface area contributed by atoms with E-state index in [1.54, 1.807) is 24.4 Å². The highest BCUT2D eigenvalue weighted by Gasteiger charge is 2.60. The Balaban J connectivity index is 2.62. The van der Waals surface area contributed by atoms with E-state index in [0.29, 0.717) is 5.82 Å². The fourth-order valence-electron chi connectivity index (χ4n) is 2.12. The van der Waals surface area contributed by atoms with E-state index in [2.05, 4.69) is 5.32 Å². The highest BCUT2D eigenvalue weighted by Crippen LogP contribution is 2.30. The van der Waals surface area contributed by atoms with Crippen LogP contribution in [0.3, 0.4) is 0 Å². The van der Waals surface area contributed by atoms with Crippen molar-refractivity contribution in [1.82, 2.24) is 0 Å². The van der Waals surface area contributed by atoms with Crippen LogP contribution in [0.2, 0.25) is 0 Å². The normalized spacial score (nSPS) is 35.9. The fraction of sp³-hybridized carbons (Fsp3) is 0.455. The molecule has 1 aliphatic heterocycles. The number of rotatable bonds is 1. The molecule has 0 aliphatic carbocycles. The Hall–Kier alpha value is -1.66. The monoisotopic (exact) mass is 239 g/mol. The van der Waals surface area contributed by atoms with Gasteiger partial charge in [-0.15, -0.1) is 0 Å². The number of aliphatic carboxylic acids is 1. The maximum absolute atomic E-state index is 11.2. The van der Waals surface area contributed by atoms with Crippen molar-refractivity contribution in [2.45, 2.75) is 31.2 Å². The van der Waals surface area contributed by atoms with Crippen molar-refractivity contribution in [2.75, 3.05) is 5.32 Å². The van der Waals surface area contributed by atoms with E-state index >= 15 is 0 Å². The smallest absolute Gasteiger partial charge is 0.354 e. The number of pyridine rings is 1. The number of hydrogen-bond donors (Lipinski definition) is 4. The van der Waals surface area contributed by atoms with Gasteiger partial charge in [-0.1, -0.05) is 6.07 Å². The number of carbonyl (C=O) groups is 1. The van der Waals surface area contributed by atoms with Gasteiger partial charge in [-0.2, -0.15) is 0 Å². The van der Waals surface area contributed by atoms with E-state index in [1.807, 2.05) is 0 Å². The highest BCUT2D eigenvalue weighted by atomic mass is 16.4. The van der Waals surface area contributed by atoms with Gasteiger partial charge in [-0.05, 0) is 13.0 Å². The molecule has 17 heavy (non-hydrogen) atoms. The molecule has 0 amide bonds. The van der Waals surface area contributed by atoms with Gasteiger partial charge in [0.15, 0.2) is 6.10 Å². The summed E-state index contributed by atoms with van der Waals surface area (Å²) >= 11 is 0. The molecule has 0 saturated carbocycles. The molecule has 6 nitrogen and oxygen atoms in total. The molecule has 0 fully saturated rings. The van der Waals surface area contributed by atoms with Gasteiger partial charge in [0, 0.05) is 13.0 Å². The van der Waals surface area contributed by atoms with Crippen molar-refractivity contribution in [3.63, 3.8) is 0 Å². The molecule has 3 atom stereocenters. The van der Waals surface area contributed by atoms with E-state index in [4.69, 9.17) is 0 Å². The molecule has 6 heteroatoms. The summed E-state index contributed by atoms with van der Waals surface area (Å²) in [4.78, 5) is 11.2. The van der Waals surface area contributed by atoms with E-state index in [-0.39, 0.29) is 0 Å². The summed E-state index contributed by atoms with van der Waals surface area (Å²) in [6.45, 7) is 2.72. The first kappa shape index (κ1) is 11.8. The second-order valence-corrected chi connectivity index (χ2v) is 4.59. The molecule has 0 bridgehead atoms. The Morgan fingerprint density at radius 2 is 2.12 bits per heavy atom.